The van der Waals surface area contributed by atoms with E-state index in [0.29, 0.717) is 5.92 Å². The minimum Gasteiger partial charge on any atom is -0.374 e. The molecule has 0 rings (SSSR count). The van der Waals surface area contributed by atoms with Crippen LogP contribution in [0.4, 0.5) is 0 Å². The highest BCUT2D eigenvalue weighted by Crippen LogP contribution is 2.24. The average Bonchev–Trinajstić information content (AvgIpc) is 2.62. The highest BCUT2D eigenvalue weighted by molar-refractivity contribution is 7.82. The highest BCUT2D eigenvalue weighted by Gasteiger charge is 2.34. The first-order valence-corrected chi connectivity index (χ1v) is 10.7. The predicted molar refractivity (Wildman–Crippen MR) is 122 cm³/mol. The second-order valence-electron chi connectivity index (χ2n) is 9.03. The van der Waals surface area contributed by atoms with E-state index in [1.807, 2.05) is 13.8 Å². The average molecular weight is 476 g/mol. The predicted octanol–water partition coefficient (Wildman–Crippen LogP) is -1.02. The van der Waals surface area contributed by atoms with Gasteiger partial charge in [-0.2, -0.15) is 12.6 Å². The first kappa shape index (κ1) is 29.7. The third-order valence-corrected chi connectivity index (χ3v) is 4.71. The first-order chi connectivity index (χ1) is 14.5. The Hall–Kier alpha value is -2.34. The molecule has 32 heavy (non-hydrogen) atoms. The van der Waals surface area contributed by atoms with Crippen LogP contribution in [0.5, 0.6) is 0 Å². The first-order valence-electron chi connectivity index (χ1n) is 10.3. The number of ether oxygens (including phenoxy) is 1. The van der Waals surface area contributed by atoms with Crippen molar-refractivity contribution >= 4 is 42.2 Å². The van der Waals surface area contributed by atoms with Crippen LogP contribution in [-0.4, -0.2) is 65.1 Å². The molecule has 0 aliphatic heterocycles. The Kier molecular flexibility index (Phi) is 11.7. The van der Waals surface area contributed by atoms with E-state index in [2.05, 4.69) is 42.4 Å². The van der Waals surface area contributed by atoms with Crippen LogP contribution >= 0.6 is 12.6 Å². The Morgan fingerprint density at radius 1 is 1.00 bits per heavy atom. The van der Waals surface area contributed by atoms with E-state index in [1.165, 1.54) is 6.92 Å². The zero-order chi connectivity index (χ0) is 25.3. The smallest absolute Gasteiger partial charge is 0.242 e. The Morgan fingerprint density at radius 2 is 1.56 bits per heavy atom. The quantitative estimate of drug-likeness (QED) is 0.175. The second kappa shape index (κ2) is 12.6. The van der Waals surface area contributed by atoms with Gasteiger partial charge in [-0.3, -0.25) is 24.0 Å². The summed E-state index contributed by atoms with van der Waals surface area (Å²) >= 11 is 4.38. The molecule has 12 heteroatoms. The summed E-state index contributed by atoms with van der Waals surface area (Å²) in [5.41, 5.74) is 9.65. The van der Waals surface area contributed by atoms with Gasteiger partial charge >= 0.3 is 0 Å². The zero-order valence-electron chi connectivity index (χ0n) is 19.6. The topological polar surface area (TPSA) is 183 Å². The summed E-state index contributed by atoms with van der Waals surface area (Å²) in [6.07, 6.45) is 0.341. The van der Waals surface area contributed by atoms with Crippen LogP contribution in [0, 0.1) is 5.92 Å². The molecular weight excluding hydrogens is 438 g/mol. The number of hydrogen-bond donors (Lipinski definition) is 6. The van der Waals surface area contributed by atoms with Gasteiger partial charge in [0.2, 0.25) is 29.5 Å². The van der Waals surface area contributed by atoms with E-state index in [4.69, 9.17) is 16.2 Å². The maximum Gasteiger partial charge on any atom is 0.242 e. The molecule has 3 unspecified atom stereocenters. The van der Waals surface area contributed by atoms with Gasteiger partial charge in [0, 0.05) is 0 Å². The van der Waals surface area contributed by atoms with Crippen LogP contribution in [0.3, 0.4) is 0 Å². The monoisotopic (exact) mass is 475 g/mol. The molecule has 0 spiro atoms. The van der Waals surface area contributed by atoms with Gasteiger partial charge in [-0.15, -0.1) is 0 Å². The van der Waals surface area contributed by atoms with E-state index in [1.54, 1.807) is 6.92 Å². The summed E-state index contributed by atoms with van der Waals surface area (Å²) in [6.45, 7) is 10.6. The van der Waals surface area contributed by atoms with Gasteiger partial charge in [0.1, 0.15) is 16.8 Å². The van der Waals surface area contributed by atoms with E-state index in [9.17, 15) is 24.0 Å². The van der Waals surface area contributed by atoms with Gasteiger partial charge in [0.15, 0.2) is 0 Å². The lowest BCUT2D eigenvalue weighted by atomic mass is 9.96. The van der Waals surface area contributed by atoms with Crippen molar-refractivity contribution in [1.82, 2.24) is 16.0 Å². The molecule has 0 aromatic carbocycles. The number of carbonyl (C=O) groups excluding carboxylic acids is 5. The molecule has 0 saturated heterocycles. The lowest BCUT2D eigenvalue weighted by Gasteiger charge is -2.32. The summed E-state index contributed by atoms with van der Waals surface area (Å²) in [5, 5.41) is 7.06. The molecule has 0 aliphatic rings. The number of primary amides is 2. The number of nitrogens with one attached hydrogen (secondary N) is 3. The molecule has 0 fully saturated rings. The fraction of sp³-hybridized carbons (Fsp3) is 0.750. The maximum atomic E-state index is 12.6. The standard InChI is InChI=1S/C20H37N5O6S/c1-11(2)8-19(4,5)31-10-20(6,32)18(30)24-12(3)17(29)23-9-15(27)25-13(16(22)28)7-14(21)26/h11-13,32H,7-10H2,1-6H3,(H2,21,26)(H2,22,28)(H,23,29)(H,24,30)(H,25,27). The molecule has 5 amide bonds. The van der Waals surface area contributed by atoms with Gasteiger partial charge in [-0.05, 0) is 40.0 Å². The van der Waals surface area contributed by atoms with Crippen molar-refractivity contribution in [2.45, 2.75) is 76.8 Å². The molecule has 184 valence electrons. The fourth-order valence-electron chi connectivity index (χ4n) is 2.85. The summed E-state index contributed by atoms with van der Waals surface area (Å²) in [4.78, 5) is 58.8. The second-order valence-corrected chi connectivity index (χ2v) is 10.0. The zero-order valence-corrected chi connectivity index (χ0v) is 20.5. The van der Waals surface area contributed by atoms with Crippen LogP contribution in [0.25, 0.3) is 0 Å². The highest BCUT2D eigenvalue weighted by atomic mass is 32.1. The molecule has 11 nitrogen and oxygen atoms in total. The fourth-order valence-corrected chi connectivity index (χ4v) is 2.98. The molecule has 0 aliphatic carbocycles. The van der Waals surface area contributed by atoms with Crippen LogP contribution in [0.2, 0.25) is 0 Å². The lowest BCUT2D eigenvalue weighted by molar-refractivity contribution is -0.133. The SMILES string of the molecule is CC(C)CC(C)(C)OCC(C)(S)C(=O)NC(C)C(=O)NCC(=O)NC(CC(N)=O)C(N)=O. The van der Waals surface area contributed by atoms with Gasteiger partial charge < -0.3 is 32.2 Å². The van der Waals surface area contributed by atoms with E-state index in [-0.39, 0.29) is 6.61 Å². The van der Waals surface area contributed by atoms with Crippen molar-refractivity contribution in [2.24, 2.45) is 17.4 Å². The Bertz CT molecular complexity index is 711. The van der Waals surface area contributed by atoms with Gasteiger partial charge in [0.25, 0.3) is 0 Å². The molecule has 3 atom stereocenters. The summed E-state index contributed by atoms with van der Waals surface area (Å²) in [7, 11) is 0. The van der Waals surface area contributed by atoms with Gasteiger partial charge in [-0.1, -0.05) is 13.8 Å². The normalized spacial score (nSPS) is 15.2. The Morgan fingerprint density at radius 3 is 2.03 bits per heavy atom. The molecule has 0 radical (unpaired) electrons. The van der Waals surface area contributed by atoms with Gasteiger partial charge in [0.05, 0.1) is 25.2 Å². The number of hydrogen-bond acceptors (Lipinski definition) is 7. The van der Waals surface area contributed by atoms with E-state index < -0.39 is 64.9 Å². The van der Waals surface area contributed by atoms with Crippen molar-refractivity contribution < 1.29 is 28.7 Å². The Labute approximate surface area is 194 Å². The van der Waals surface area contributed by atoms with Crippen molar-refractivity contribution in [1.29, 1.82) is 0 Å². The summed E-state index contributed by atoms with van der Waals surface area (Å²) in [5.74, 6) is -3.23. The van der Waals surface area contributed by atoms with E-state index in [0.717, 1.165) is 6.42 Å². The molecule has 0 aromatic rings. The number of amides is 5. The maximum absolute atomic E-state index is 12.6. The summed E-state index contributed by atoms with van der Waals surface area (Å²) in [6, 6.07) is -2.25. The van der Waals surface area contributed by atoms with Crippen molar-refractivity contribution in [3.05, 3.63) is 0 Å². The molecule has 0 heterocycles. The number of thiol groups is 1. The lowest BCUT2D eigenvalue weighted by Crippen LogP contribution is -2.54. The largest absolute Gasteiger partial charge is 0.374 e. The van der Waals surface area contributed by atoms with Crippen LogP contribution in [0.1, 0.15) is 54.4 Å². The molecular formula is C20H37N5O6S. The number of rotatable bonds is 14. The van der Waals surface area contributed by atoms with E-state index >= 15 is 0 Å². The molecule has 7 N–H and O–H groups in total. The third kappa shape index (κ3) is 11.9. The summed E-state index contributed by atoms with van der Waals surface area (Å²) < 4.78 is 4.68. The van der Waals surface area contributed by atoms with Gasteiger partial charge in [-0.25, -0.2) is 0 Å². The third-order valence-electron chi connectivity index (χ3n) is 4.38. The molecule has 0 aromatic heterocycles. The number of carbonyl (C=O) groups is 5. The number of nitrogens with two attached hydrogens (primary N) is 2. The molecule has 0 bridgehead atoms. The van der Waals surface area contributed by atoms with Crippen LogP contribution in [0.15, 0.2) is 0 Å². The minimum atomic E-state index is -1.28. The van der Waals surface area contributed by atoms with Crippen molar-refractivity contribution in [3.63, 3.8) is 0 Å². The molecule has 0 saturated carbocycles. The van der Waals surface area contributed by atoms with Crippen LogP contribution < -0.4 is 27.4 Å². The minimum absolute atomic E-state index is 0.0345. The van der Waals surface area contributed by atoms with Crippen molar-refractivity contribution in [3.8, 4) is 0 Å². The van der Waals surface area contributed by atoms with Crippen LogP contribution in [-0.2, 0) is 28.7 Å². The Balaban J connectivity index is 4.67. The van der Waals surface area contributed by atoms with Crippen molar-refractivity contribution in [2.75, 3.05) is 13.2 Å².